The van der Waals surface area contributed by atoms with Gasteiger partial charge in [-0.15, -0.1) is 0 Å². The number of nitrogens with zero attached hydrogens (tertiary/aromatic N) is 2. The molecule has 6 heteroatoms. The predicted molar refractivity (Wildman–Crippen MR) is 91.6 cm³/mol. The fraction of sp³-hybridized carbons (Fsp3) is 0.647. The Kier molecular flexibility index (Phi) is 4.54. The van der Waals surface area contributed by atoms with Gasteiger partial charge in [0.05, 0.1) is 10.6 Å². The van der Waals surface area contributed by atoms with E-state index in [0.29, 0.717) is 18.1 Å². The minimum Gasteiger partial charge on any atom is -0.489 e. The molecule has 2 fully saturated rings. The lowest BCUT2D eigenvalue weighted by atomic mass is 9.80. The van der Waals surface area contributed by atoms with Crippen LogP contribution in [0.1, 0.15) is 45.4 Å². The van der Waals surface area contributed by atoms with Crippen LogP contribution in [0.4, 0.5) is 0 Å². The van der Waals surface area contributed by atoms with Crippen molar-refractivity contribution in [1.82, 2.24) is 9.47 Å². The maximum absolute atomic E-state index is 12.0. The lowest BCUT2D eigenvalue weighted by Crippen LogP contribution is -2.50. The topological polar surface area (TPSA) is 51.5 Å². The standard InChI is InChI=1S/C17H23BrN2O3/c1-17(20-9-3-4-15(20)21)7-5-12(6-8-17)23-14-10-16(22)19(2)11-13(14)18/h10-12H,3-9H2,1-2H3. The molecule has 0 spiro atoms. The van der Waals surface area contributed by atoms with E-state index in [1.165, 1.54) is 10.6 Å². The highest BCUT2D eigenvalue weighted by Crippen LogP contribution is 2.38. The summed E-state index contributed by atoms with van der Waals surface area (Å²) in [6.07, 6.45) is 7.21. The van der Waals surface area contributed by atoms with E-state index in [0.717, 1.165) is 43.1 Å². The summed E-state index contributed by atoms with van der Waals surface area (Å²) in [6, 6.07) is 1.53. The van der Waals surface area contributed by atoms with Crippen molar-refractivity contribution in [2.75, 3.05) is 6.54 Å². The minimum atomic E-state index is -0.0773. The molecule has 126 valence electrons. The van der Waals surface area contributed by atoms with E-state index in [1.54, 1.807) is 13.2 Å². The molecule has 0 N–H and O–H groups in total. The van der Waals surface area contributed by atoms with Crippen molar-refractivity contribution in [3.05, 3.63) is 27.1 Å². The molecular weight excluding hydrogens is 360 g/mol. The maximum Gasteiger partial charge on any atom is 0.254 e. The number of ether oxygens (including phenoxy) is 1. The summed E-state index contributed by atoms with van der Waals surface area (Å²) in [6.45, 7) is 3.09. The highest BCUT2D eigenvalue weighted by molar-refractivity contribution is 9.10. The molecule has 5 nitrogen and oxygen atoms in total. The Balaban J connectivity index is 1.64. The second-order valence-electron chi connectivity index (χ2n) is 6.90. The monoisotopic (exact) mass is 382 g/mol. The number of hydrogen-bond acceptors (Lipinski definition) is 3. The van der Waals surface area contributed by atoms with E-state index in [2.05, 4.69) is 27.8 Å². The molecule has 1 aliphatic heterocycles. The molecule has 1 saturated carbocycles. The number of rotatable bonds is 3. The van der Waals surface area contributed by atoms with Crippen LogP contribution in [0, 0.1) is 0 Å². The number of halogens is 1. The number of aryl methyl sites for hydroxylation is 1. The van der Waals surface area contributed by atoms with Gasteiger partial charge in [-0.1, -0.05) is 0 Å². The summed E-state index contributed by atoms with van der Waals surface area (Å²) in [5.74, 6) is 0.903. The van der Waals surface area contributed by atoms with Crippen molar-refractivity contribution in [1.29, 1.82) is 0 Å². The average molecular weight is 383 g/mol. The number of amides is 1. The molecule has 2 aliphatic rings. The van der Waals surface area contributed by atoms with E-state index >= 15 is 0 Å². The molecule has 0 bridgehead atoms. The van der Waals surface area contributed by atoms with Gasteiger partial charge in [-0.05, 0) is 55.0 Å². The van der Waals surface area contributed by atoms with Gasteiger partial charge < -0.3 is 14.2 Å². The molecule has 0 radical (unpaired) electrons. The van der Waals surface area contributed by atoms with Crippen LogP contribution < -0.4 is 10.3 Å². The van der Waals surface area contributed by atoms with Crippen molar-refractivity contribution >= 4 is 21.8 Å². The number of carbonyl (C=O) groups is 1. The Labute approximate surface area is 144 Å². The van der Waals surface area contributed by atoms with Gasteiger partial charge in [-0.2, -0.15) is 0 Å². The van der Waals surface area contributed by atoms with Crippen molar-refractivity contribution in [2.45, 2.75) is 57.1 Å². The van der Waals surface area contributed by atoms with Gasteiger partial charge in [0.15, 0.2) is 0 Å². The van der Waals surface area contributed by atoms with Gasteiger partial charge >= 0.3 is 0 Å². The fourth-order valence-corrected chi connectivity index (χ4v) is 4.19. The molecule has 1 aromatic heterocycles. The number of likely N-dealkylation sites (tertiary alicyclic amines) is 1. The van der Waals surface area contributed by atoms with Crippen molar-refractivity contribution in [3.8, 4) is 5.75 Å². The Hall–Kier alpha value is -1.30. The minimum absolute atomic E-state index is 0.0303. The van der Waals surface area contributed by atoms with Gasteiger partial charge in [-0.3, -0.25) is 9.59 Å². The fourth-order valence-electron chi connectivity index (χ4n) is 3.67. The summed E-state index contributed by atoms with van der Waals surface area (Å²) in [4.78, 5) is 25.8. The first kappa shape index (κ1) is 16.6. The molecule has 1 aromatic rings. The van der Waals surface area contributed by atoms with E-state index in [4.69, 9.17) is 4.74 Å². The highest BCUT2D eigenvalue weighted by atomic mass is 79.9. The predicted octanol–water partition coefficient (Wildman–Crippen LogP) is 2.85. The second-order valence-corrected chi connectivity index (χ2v) is 7.75. The number of pyridine rings is 1. The van der Waals surface area contributed by atoms with Gasteiger partial charge in [-0.25, -0.2) is 0 Å². The van der Waals surface area contributed by atoms with Gasteiger partial charge in [0, 0.05) is 37.8 Å². The zero-order valence-corrected chi connectivity index (χ0v) is 15.3. The third-order valence-corrected chi connectivity index (χ3v) is 5.77. The molecule has 1 saturated heterocycles. The van der Waals surface area contributed by atoms with E-state index in [-0.39, 0.29) is 17.2 Å². The van der Waals surface area contributed by atoms with Crippen LogP contribution in [0.25, 0.3) is 0 Å². The number of hydrogen-bond donors (Lipinski definition) is 0. The zero-order chi connectivity index (χ0) is 16.6. The molecular formula is C17H23BrN2O3. The Bertz CT molecular complexity index is 662. The van der Waals surface area contributed by atoms with Crippen LogP contribution >= 0.6 is 15.9 Å². The Morgan fingerprint density at radius 2 is 2.00 bits per heavy atom. The average Bonchev–Trinajstić information content (AvgIpc) is 2.94. The maximum atomic E-state index is 12.0. The van der Waals surface area contributed by atoms with Crippen molar-refractivity contribution in [2.24, 2.45) is 7.05 Å². The first-order chi connectivity index (χ1) is 10.9. The molecule has 0 unspecified atom stereocenters. The molecule has 3 rings (SSSR count). The van der Waals surface area contributed by atoms with Crippen LogP contribution in [0.15, 0.2) is 21.5 Å². The van der Waals surface area contributed by atoms with Crippen molar-refractivity contribution in [3.63, 3.8) is 0 Å². The summed E-state index contributed by atoms with van der Waals surface area (Å²) in [7, 11) is 1.72. The summed E-state index contributed by atoms with van der Waals surface area (Å²) in [5.41, 5.74) is -0.108. The van der Waals surface area contributed by atoms with Gasteiger partial charge in [0.2, 0.25) is 5.91 Å². The Morgan fingerprint density at radius 3 is 2.61 bits per heavy atom. The summed E-state index contributed by atoms with van der Waals surface area (Å²) >= 11 is 3.45. The molecule has 0 atom stereocenters. The largest absolute Gasteiger partial charge is 0.489 e. The Morgan fingerprint density at radius 1 is 1.30 bits per heavy atom. The summed E-state index contributed by atoms with van der Waals surface area (Å²) < 4.78 is 8.36. The van der Waals surface area contributed by atoms with Crippen LogP contribution in [-0.4, -0.2) is 33.6 Å². The van der Waals surface area contributed by atoms with Gasteiger partial charge in [0.1, 0.15) is 5.75 Å². The second kappa shape index (κ2) is 6.30. The molecule has 1 aliphatic carbocycles. The van der Waals surface area contributed by atoms with Crippen molar-refractivity contribution < 1.29 is 9.53 Å². The lowest BCUT2D eigenvalue weighted by molar-refractivity contribution is -0.134. The molecule has 1 amide bonds. The zero-order valence-electron chi connectivity index (χ0n) is 13.7. The van der Waals surface area contributed by atoms with E-state index < -0.39 is 0 Å². The first-order valence-corrected chi connectivity index (χ1v) is 9.02. The molecule has 2 heterocycles. The van der Waals surface area contributed by atoms with Crippen LogP contribution in [-0.2, 0) is 11.8 Å². The summed E-state index contributed by atoms with van der Waals surface area (Å²) in [5, 5.41) is 0. The SMILES string of the molecule is Cn1cc(Br)c(OC2CCC(C)(N3CCCC3=O)CC2)cc1=O. The quantitative estimate of drug-likeness (QED) is 0.807. The van der Waals surface area contributed by atoms with Crippen LogP contribution in [0.5, 0.6) is 5.75 Å². The van der Waals surface area contributed by atoms with Crippen LogP contribution in [0.2, 0.25) is 0 Å². The number of aromatic nitrogens is 1. The van der Waals surface area contributed by atoms with Gasteiger partial charge in [0.25, 0.3) is 5.56 Å². The lowest BCUT2D eigenvalue weighted by Gasteiger charge is -2.44. The normalized spacial score (nSPS) is 28.2. The third-order valence-electron chi connectivity index (χ3n) is 5.17. The first-order valence-electron chi connectivity index (χ1n) is 8.22. The molecule has 23 heavy (non-hydrogen) atoms. The highest BCUT2D eigenvalue weighted by Gasteiger charge is 2.41. The third kappa shape index (κ3) is 3.32. The van der Waals surface area contributed by atoms with E-state index in [9.17, 15) is 9.59 Å². The molecule has 0 aromatic carbocycles. The van der Waals surface area contributed by atoms with Crippen LogP contribution in [0.3, 0.4) is 0 Å². The number of carbonyl (C=O) groups excluding carboxylic acids is 1. The smallest absolute Gasteiger partial charge is 0.254 e. The van der Waals surface area contributed by atoms with E-state index in [1.807, 2.05) is 0 Å².